The molecule has 16 heavy (non-hydrogen) atoms. The summed E-state index contributed by atoms with van der Waals surface area (Å²) in [6.07, 6.45) is 10.2. The van der Waals surface area contributed by atoms with Crippen LogP contribution in [0.4, 0.5) is 5.82 Å². The lowest BCUT2D eigenvalue weighted by atomic mass is 10.3. The van der Waals surface area contributed by atoms with Gasteiger partial charge in [-0.25, -0.2) is 9.97 Å². The maximum absolute atomic E-state index is 5.17. The van der Waals surface area contributed by atoms with Gasteiger partial charge in [0.1, 0.15) is 11.3 Å². The van der Waals surface area contributed by atoms with Crippen LogP contribution in [0.5, 0.6) is 0 Å². The van der Waals surface area contributed by atoms with Crippen molar-refractivity contribution in [2.75, 3.05) is 11.9 Å². The minimum atomic E-state index is 0.657. The first-order chi connectivity index (χ1) is 7.90. The third-order valence-corrected chi connectivity index (χ3v) is 2.14. The molecule has 0 saturated carbocycles. The van der Waals surface area contributed by atoms with E-state index in [0.717, 1.165) is 30.7 Å². The van der Waals surface area contributed by atoms with Crippen LogP contribution in [0.15, 0.2) is 24.5 Å². The molecule has 0 spiro atoms. The summed E-state index contributed by atoms with van der Waals surface area (Å²) in [5.41, 5.74) is 1.46. The average Bonchev–Trinajstić information content (AvgIpc) is 2.34. The van der Waals surface area contributed by atoms with Gasteiger partial charge in [0.05, 0.1) is 0 Å². The van der Waals surface area contributed by atoms with E-state index in [9.17, 15) is 0 Å². The van der Waals surface area contributed by atoms with E-state index in [2.05, 4.69) is 26.2 Å². The van der Waals surface area contributed by atoms with Gasteiger partial charge in [-0.2, -0.15) is 0 Å². The van der Waals surface area contributed by atoms with Crippen molar-refractivity contribution in [3.8, 4) is 12.3 Å². The quantitative estimate of drug-likeness (QED) is 0.620. The predicted molar refractivity (Wildman–Crippen MR) is 63.9 cm³/mol. The zero-order valence-electron chi connectivity index (χ0n) is 8.85. The predicted octanol–water partition coefficient (Wildman–Crippen LogP) is 1.85. The Kier molecular flexibility index (Phi) is 3.29. The number of unbranched alkanes of at least 4 members (excludes halogenated alkanes) is 1. The molecule has 2 aromatic heterocycles. The van der Waals surface area contributed by atoms with Crippen molar-refractivity contribution in [1.82, 2.24) is 15.0 Å². The molecule has 1 N–H and O–H groups in total. The SMILES string of the molecule is C#CCCCNc1ccc2nccnc2n1. The van der Waals surface area contributed by atoms with Crippen molar-refractivity contribution >= 4 is 17.0 Å². The minimum Gasteiger partial charge on any atom is -0.370 e. The number of hydrogen-bond acceptors (Lipinski definition) is 4. The van der Waals surface area contributed by atoms with E-state index < -0.39 is 0 Å². The summed E-state index contributed by atoms with van der Waals surface area (Å²) >= 11 is 0. The van der Waals surface area contributed by atoms with Crippen molar-refractivity contribution in [2.45, 2.75) is 12.8 Å². The van der Waals surface area contributed by atoms with Crippen molar-refractivity contribution in [3.05, 3.63) is 24.5 Å². The summed E-state index contributed by atoms with van der Waals surface area (Å²) in [6, 6.07) is 3.80. The number of nitrogens with zero attached hydrogens (tertiary/aromatic N) is 3. The Bertz CT molecular complexity index is 516. The Morgan fingerprint density at radius 1 is 1.25 bits per heavy atom. The summed E-state index contributed by atoms with van der Waals surface area (Å²) in [4.78, 5) is 12.6. The van der Waals surface area contributed by atoms with Crippen molar-refractivity contribution < 1.29 is 0 Å². The average molecular weight is 212 g/mol. The molecular weight excluding hydrogens is 200 g/mol. The van der Waals surface area contributed by atoms with Gasteiger partial charge in [0.2, 0.25) is 0 Å². The molecule has 0 saturated heterocycles. The Morgan fingerprint density at radius 2 is 2.12 bits per heavy atom. The van der Waals surface area contributed by atoms with Gasteiger partial charge in [0.25, 0.3) is 0 Å². The van der Waals surface area contributed by atoms with Gasteiger partial charge in [0, 0.05) is 25.4 Å². The topological polar surface area (TPSA) is 50.7 Å². The van der Waals surface area contributed by atoms with E-state index in [1.165, 1.54) is 0 Å². The highest BCUT2D eigenvalue weighted by atomic mass is 15.0. The molecule has 4 heteroatoms. The maximum atomic E-state index is 5.17. The summed E-state index contributed by atoms with van der Waals surface area (Å²) in [5, 5.41) is 3.20. The van der Waals surface area contributed by atoms with Crippen LogP contribution in [-0.4, -0.2) is 21.5 Å². The van der Waals surface area contributed by atoms with Crippen LogP contribution < -0.4 is 5.32 Å². The first-order valence-electron chi connectivity index (χ1n) is 5.15. The molecule has 0 fully saturated rings. The van der Waals surface area contributed by atoms with Crippen molar-refractivity contribution in [3.63, 3.8) is 0 Å². The van der Waals surface area contributed by atoms with Crippen LogP contribution >= 0.6 is 0 Å². The zero-order valence-corrected chi connectivity index (χ0v) is 8.85. The van der Waals surface area contributed by atoms with Gasteiger partial charge in [-0.3, -0.25) is 4.98 Å². The standard InChI is InChI=1S/C12H12N4/c1-2-3-4-7-14-11-6-5-10-12(16-11)15-9-8-13-10/h1,5-6,8-9H,3-4,7H2,(H,14,15,16). The summed E-state index contributed by atoms with van der Waals surface area (Å²) in [7, 11) is 0. The molecule has 2 rings (SSSR count). The van der Waals surface area contributed by atoms with Gasteiger partial charge in [-0.15, -0.1) is 12.3 Å². The fourth-order valence-corrected chi connectivity index (χ4v) is 1.36. The maximum Gasteiger partial charge on any atom is 0.180 e. The molecule has 0 aliphatic heterocycles. The highest BCUT2D eigenvalue weighted by Gasteiger charge is 1.98. The van der Waals surface area contributed by atoms with E-state index in [1.54, 1.807) is 12.4 Å². The second kappa shape index (κ2) is 5.08. The second-order valence-corrected chi connectivity index (χ2v) is 3.33. The lowest BCUT2D eigenvalue weighted by molar-refractivity contribution is 0.902. The molecule has 0 unspecified atom stereocenters. The number of nitrogens with one attached hydrogen (secondary N) is 1. The molecule has 0 aliphatic carbocycles. The number of rotatable bonds is 4. The smallest absolute Gasteiger partial charge is 0.180 e. The van der Waals surface area contributed by atoms with Crippen LogP contribution in [0.1, 0.15) is 12.8 Å². The molecule has 0 aromatic carbocycles. The van der Waals surface area contributed by atoms with E-state index in [-0.39, 0.29) is 0 Å². The van der Waals surface area contributed by atoms with Crippen molar-refractivity contribution in [1.29, 1.82) is 0 Å². The summed E-state index contributed by atoms with van der Waals surface area (Å²) < 4.78 is 0. The van der Waals surface area contributed by atoms with Gasteiger partial charge in [-0.1, -0.05) is 0 Å². The number of pyridine rings is 1. The second-order valence-electron chi connectivity index (χ2n) is 3.33. The minimum absolute atomic E-state index is 0.657. The van der Waals surface area contributed by atoms with E-state index >= 15 is 0 Å². The number of terminal acetylenes is 1. The number of fused-ring (bicyclic) bond motifs is 1. The first-order valence-corrected chi connectivity index (χ1v) is 5.15. The molecule has 0 atom stereocenters. The lowest BCUT2D eigenvalue weighted by Crippen LogP contribution is -2.03. The molecule has 80 valence electrons. The molecule has 2 heterocycles. The van der Waals surface area contributed by atoms with Crippen LogP contribution in [0, 0.1) is 12.3 Å². The largest absolute Gasteiger partial charge is 0.370 e. The monoisotopic (exact) mass is 212 g/mol. The van der Waals surface area contributed by atoms with E-state index in [0.29, 0.717) is 5.65 Å². The van der Waals surface area contributed by atoms with Gasteiger partial charge in [0.15, 0.2) is 5.65 Å². The van der Waals surface area contributed by atoms with Gasteiger partial charge >= 0.3 is 0 Å². The normalized spacial score (nSPS) is 9.94. The van der Waals surface area contributed by atoms with Gasteiger partial charge < -0.3 is 5.32 Å². The van der Waals surface area contributed by atoms with E-state index in [4.69, 9.17) is 6.42 Å². The summed E-state index contributed by atoms with van der Waals surface area (Å²) in [5.74, 6) is 3.41. The summed E-state index contributed by atoms with van der Waals surface area (Å²) in [6.45, 7) is 0.822. The Balaban J connectivity index is 2.05. The Labute approximate surface area is 94.1 Å². The third kappa shape index (κ3) is 2.45. The molecule has 4 nitrogen and oxygen atoms in total. The molecule has 0 radical (unpaired) electrons. The molecule has 0 aliphatic rings. The molecule has 0 bridgehead atoms. The van der Waals surface area contributed by atoms with Crippen LogP contribution in [0.2, 0.25) is 0 Å². The van der Waals surface area contributed by atoms with Crippen LogP contribution in [-0.2, 0) is 0 Å². The van der Waals surface area contributed by atoms with Crippen LogP contribution in [0.25, 0.3) is 11.2 Å². The zero-order chi connectivity index (χ0) is 11.2. The number of anilines is 1. The lowest BCUT2D eigenvalue weighted by Gasteiger charge is -2.04. The molecule has 2 aromatic rings. The number of aromatic nitrogens is 3. The highest BCUT2D eigenvalue weighted by Crippen LogP contribution is 2.09. The Morgan fingerprint density at radius 3 is 3.00 bits per heavy atom. The van der Waals surface area contributed by atoms with Gasteiger partial charge in [-0.05, 0) is 18.6 Å². The first kappa shape index (κ1) is 10.4. The third-order valence-electron chi connectivity index (χ3n) is 2.14. The fourth-order valence-electron chi connectivity index (χ4n) is 1.36. The highest BCUT2D eigenvalue weighted by molar-refractivity contribution is 5.71. The fraction of sp³-hybridized carbons (Fsp3) is 0.250. The molecular formula is C12H12N4. The number of hydrogen-bond donors (Lipinski definition) is 1. The van der Waals surface area contributed by atoms with E-state index in [1.807, 2.05) is 12.1 Å². The Hall–Kier alpha value is -2.15. The van der Waals surface area contributed by atoms with Crippen LogP contribution in [0.3, 0.4) is 0 Å². The molecule has 0 amide bonds. The van der Waals surface area contributed by atoms with Crippen molar-refractivity contribution in [2.24, 2.45) is 0 Å².